The van der Waals surface area contributed by atoms with E-state index in [9.17, 15) is 0 Å². The summed E-state index contributed by atoms with van der Waals surface area (Å²) < 4.78 is 0. The van der Waals surface area contributed by atoms with Crippen molar-refractivity contribution >= 4 is 41.4 Å². The number of nitrogens with one attached hydrogen (secondary N) is 1. The van der Waals surface area contributed by atoms with Gasteiger partial charge in [-0.1, -0.05) is 0 Å². The molecule has 0 radical (unpaired) electrons. The summed E-state index contributed by atoms with van der Waals surface area (Å²) in [6.07, 6.45) is 5.26. The molecule has 0 aliphatic carbocycles. The number of H-pyrrole nitrogens is 1. The highest BCUT2D eigenvalue weighted by molar-refractivity contribution is 5.90. The predicted octanol–water partition coefficient (Wildman–Crippen LogP) is 1.99. The van der Waals surface area contributed by atoms with Gasteiger partial charge >= 0.3 is 0 Å². The molecule has 2 rings (SSSR count). The third kappa shape index (κ3) is 1.62. The van der Waals surface area contributed by atoms with Crippen molar-refractivity contribution in [2.45, 2.75) is 0 Å². The molecule has 0 unspecified atom stereocenters. The summed E-state index contributed by atoms with van der Waals surface area (Å²) >= 11 is 0. The first kappa shape index (κ1) is 11.1. The predicted molar refractivity (Wildman–Crippen MR) is 55.0 cm³/mol. The van der Waals surface area contributed by atoms with Crippen molar-refractivity contribution in [3.05, 3.63) is 24.7 Å². The number of pyridine rings is 1. The maximum absolute atomic E-state index is 5.60. The van der Waals surface area contributed by atoms with Crippen LogP contribution >= 0.6 is 24.8 Å². The molecule has 0 saturated carbocycles. The van der Waals surface area contributed by atoms with Crippen LogP contribution in [-0.2, 0) is 0 Å². The lowest BCUT2D eigenvalue weighted by molar-refractivity contribution is 1.36. The molecule has 5 heteroatoms. The molecule has 0 saturated heterocycles. The average Bonchev–Trinajstić information content (AvgIpc) is 2.34. The first-order chi connectivity index (χ1) is 4.88. The first-order valence-corrected chi connectivity index (χ1v) is 3.04. The van der Waals surface area contributed by atoms with Crippen molar-refractivity contribution in [3.8, 4) is 0 Å². The Hall–Kier alpha value is -0.930. The second-order valence-electron chi connectivity index (χ2n) is 2.17. The van der Waals surface area contributed by atoms with E-state index < -0.39 is 0 Å². The van der Waals surface area contributed by atoms with Gasteiger partial charge in [0.05, 0.1) is 11.2 Å². The molecule has 0 spiro atoms. The minimum Gasteiger partial charge on any atom is -0.397 e. The number of nitrogens with zero attached hydrogens (tertiary/aromatic N) is 1. The van der Waals surface area contributed by atoms with Crippen LogP contribution in [0.25, 0.3) is 10.9 Å². The molecular weight excluding hydrogens is 197 g/mol. The van der Waals surface area contributed by atoms with Crippen molar-refractivity contribution in [2.24, 2.45) is 0 Å². The quantitative estimate of drug-likeness (QED) is 0.692. The van der Waals surface area contributed by atoms with E-state index >= 15 is 0 Å². The molecule has 0 aliphatic rings. The standard InChI is InChI=1S/C7H7N3.2ClH/c8-6-4-10-7-1-2-9-3-5(6)7;;/h1-4,10H,8H2;2*1H. The Labute approximate surface area is 82.2 Å². The molecular formula is C7H9Cl2N3. The summed E-state index contributed by atoms with van der Waals surface area (Å²) in [5.74, 6) is 0. The number of hydrogen-bond donors (Lipinski definition) is 2. The lowest BCUT2D eigenvalue weighted by Gasteiger charge is -1.86. The summed E-state index contributed by atoms with van der Waals surface area (Å²) in [6, 6.07) is 1.89. The zero-order valence-electron chi connectivity index (χ0n) is 6.15. The first-order valence-electron chi connectivity index (χ1n) is 3.04. The molecule has 66 valence electrons. The van der Waals surface area contributed by atoms with E-state index in [0.717, 1.165) is 16.6 Å². The summed E-state index contributed by atoms with van der Waals surface area (Å²) in [5, 5.41) is 0.988. The number of aromatic amines is 1. The summed E-state index contributed by atoms with van der Waals surface area (Å²) in [5.41, 5.74) is 7.39. The van der Waals surface area contributed by atoms with Gasteiger partial charge in [0.2, 0.25) is 0 Å². The Morgan fingerprint density at radius 1 is 1.33 bits per heavy atom. The van der Waals surface area contributed by atoms with Crippen LogP contribution in [0.3, 0.4) is 0 Å². The van der Waals surface area contributed by atoms with E-state index in [2.05, 4.69) is 9.97 Å². The fourth-order valence-corrected chi connectivity index (χ4v) is 0.984. The zero-order chi connectivity index (χ0) is 6.97. The number of nitrogens with two attached hydrogens (primary N) is 1. The normalized spacial score (nSPS) is 8.67. The molecule has 0 aromatic carbocycles. The van der Waals surface area contributed by atoms with Crippen molar-refractivity contribution in [2.75, 3.05) is 5.73 Å². The highest BCUT2D eigenvalue weighted by Gasteiger charge is 1.96. The maximum atomic E-state index is 5.60. The molecule has 3 N–H and O–H groups in total. The fraction of sp³-hybridized carbons (Fsp3) is 0. The van der Waals surface area contributed by atoms with Gasteiger partial charge in [0, 0.05) is 24.0 Å². The summed E-state index contributed by atoms with van der Waals surface area (Å²) in [4.78, 5) is 6.97. The van der Waals surface area contributed by atoms with Gasteiger partial charge in [0.25, 0.3) is 0 Å². The second kappa shape index (κ2) is 4.18. The second-order valence-corrected chi connectivity index (χ2v) is 2.17. The number of nitrogen functional groups attached to an aromatic ring is 1. The molecule has 0 bridgehead atoms. The number of halogens is 2. The Morgan fingerprint density at radius 2 is 2.08 bits per heavy atom. The molecule has 0 fully saturated rings. The Balaban J connectivity index is 0.000000605. The third-order valence-corrected chi connectivity index (χ3v) is 1.52. The molecule has 2 aromatic rings. The van der Waals surface area contributed by atoms with Crippen LogP contribution in [0.5, 0.6) is 0 Å². The number of aromatic nitrogens is 2. The van der Waals surface area contributed by atoms with E-state index in [-0.39, 0.29) is 24.8 Å². The summed E-state index contributed by atoms with van der Waals surface area (Å²) in [6.45, 7) is 0. The Bertz CT molecular complexity index is 358. The number of anilines is 1. The average molecular weight is 206 g/mol. The Morgan fingerprint density at radius 3 is 2.75 bits per heavy atom. The largest absolute Gasteiger partial charge is 0.397 e. The van der Waals surface area contributed by atoms with Crippen LogP contribution in [0.15, 0.2) is 24.7 Å². The minimum atomic E-state index is 0. The van der Waals surface area contributed by atoms with Gasteiger partial charge in [-0.25, -0.2) is 0 Å². The van der Waals surface area contributed by atoms with Crippen molar-refractivity contribution in [1.82, 2.24) is 9.97 Å². The molecule has 2 aromatic heterocycles. The molecule has 0 aliphatic heterocycles. The third-order valence-electron chi connectivity index (χ3n) is 1.52. The number of hydrogen-bond acceptors (Lipinski definition) is 2. The maximum Gasteiger partial charge on any atom is 0.0587 e. The van der Waals surface area contributed by atoms with Crippen LogP contribution in [-0.4, -0.2) is 9.97 Å². The van der Waals surface area contributed by atoms with Gasteiger partial charge in [-0.15, -0.1) is 24.8 Å². The SMILES string of the molecule is Cl.Cl.Nc1c[nH]c2ccncc12. The van der Waals surface area contributed by atoms with Gasteiger partial charge in [-0.2, -0.15) is 0 Å². The van der Waals surface area contributed by atoms with Crippen molar-refractivity contribution in [3.63, 3.8) is 0 Å². The van der Waals surface area contributed by atoms with E-state index in [1.165, 1.54) is 0 Å². The van der Waals surface area contributed by atoms with E-state index in [0.29, 0.717) is 0 Å². The zero-order valence-corrected chi connectivity index (χ0v) is 7.78. The van der Waals surface area contributed by atoms with Crippen molar-refractivity contribution < 1.29 is 0 Å². The monoisotopic (exact) mass is 205 g/mol. The van der Waals surface area contributed by atoms with Crippen LogP contribution in [0.4, 0.5) is 5.69 Å². The lowest BCUT2D eigenvalue weighted by atomic mass is 10.3. The van der Waals surface area contributed by atoms with Crippen LogP contribution in [0, 0.1) is 0 Å². The highest BCUT2D eigenvalue weighted by Crippen LogP contribution is 2.17. The lowest BCUT2D eigenvalue weighted by Crippen LogP contribution is -1.79. The molecule has 3 nitrogen and oxygen atoms in total. The molecule has 2 heterocycles. The van der Waals surface area contributed by atoms with Gasteiger partial charge in [0.15, 0.2) is 0 Å². The topological polar surface area (TPSA) is 54.7 Å². The van der Waals surface area contributed by atoms with Gasteiger partial charge in [-0.05, 0) is 6.07 Å². The molecule has 0 amide bonds. The van der Waals surface area contributed by atoms with Gasteiger partial charge in [0.1, 0.15) is 0 Å². The number of fused-ring (bicyclic) bond motifs is 1. The fourth-order valence-electron chi connectivity index (χ4n) is 0.984. The van der Waals surface area contributed by atoms with Crippen LogP contribution in [0.2, 0.25) is 0 Å². The summed E-state index contributed by atoms with van der Waals surface area (Å²) in [7, 11) is 0. The van der Waals surface area contributed by atoms with E-state index in [1.54, 1.807) is 18.6 Å². The van der Waals surface area contributed by atoms with Gasteiger partial charge < -0.3 is 10.7 Å². The molecule has 0 atom stereocenters. The Kier molecular flexibility index (Phi) is 3.86. The van der Waals surface area contributed by atoms with E-state index in [4.69, 9.17) is 5.73 Å². The van der Waals surface area contributed by atoms with E-state index in [1.807, 2.05) is 6.07 Å². The minimum absolute atomic E-state index is 0. The van der Waals surface area contributed by atoms with Crippen LogP contribution < -0.4 is 5.73 Å². The number of rotatable bonds is 0. The molecule has 12 heavy (non-hydrogen) atoms. The van der Waals surface area contributed by atoms with Crippen molar-refractivity contribution in [1.29, 1.82) is 0 Å². The smallest absolute Gasteiger partial charge is 0.0587 e. The van der Waals surface area contributed by atoms with Crippen LogP contribution in [0.1, 0.15) is 0 Å². The van der Waals surface area contributed by atoms with Gasteiger partial charge in [-0.3, -0.25) is 4.98 Å². The highest BCUT2D eigenvalue weighted by atomic mass is 35.5.